The van der Waals surface area contributed by atoms with E-state index in [-0.39, 0.29) is 0 Å². The van der Waals surface area contributed by atoms with Crippen molar-refractivity contribution >= 4 is 11.6 Å². The van der Waals surface area contributed by atoms with E-state index in [0.717, 1.165) is 50.7 Å². The fraction of sp³-hybridized carbons (Fsp3) is 0.524. The Morgan fingerprint density at radius 3 is 2.44 bits per heavy atom. The van der Waals surface area contributed by atoms with Crippen LogP contribution in [0.25, 0.3) is 0 Å². The quantitative estimate of drug-likeness (QED) is 0.405. The Balaban J connectivity index is 1.71. The maximum Gasteiger partial charge on any atom is 0.190 e. The van der Waals surface area contributed by atoms with E-state index in [4.69, 9.17) is 0 Å². The SMILES string of the molecule is CCN(CCCNC(=NC)NCCc1c(C)nn(C)c1C)c1ccccc1. The normalized spacial score (nSPS) is 11.5. The summed E-state index contributed by atoms with van der Waals surface area (Å²) in [4.78, 5) is 6.72. The van der Waals surface area contributed by atoms with Crippen molar-refractivity contribution in [3.05, 3.63) is 47.3 Å². The standard InChI is InChI=1S/C21H34N6/c1-6-27(19-11-8-7-9-12-19)16-10-14-23-21(22-4)24-15-13-20-17(2)25-26(5)18(20)3/h7-9,11-12H,6,10,13-16H2,1-5H3,(H2,22,23,24). The second-order valence-corrected chi connectivity index (χ2v) is 6.72. The van der Waals surface area contributed by atoms with E-state index in [1.54, 1.807) is 0 Å². The fourth-order valence-corrected chi connectivity index (χ4v) is 3.29. The van der Waals surface area contributed by atoms with Crippen molar-refractivity contribution in [1.29, 1.82) is 0 Å². The highest BCUT2D eigenvalue weighted by Gasteiger charge is 2.09. The van der Waals surface area contributed by atoms with Gasteiger partial charge in [0.05, 0.1) is 5.69 Å². The number of nitrogens with one attached hydrogen (secondary N) is 2. The lowest BCUT2D eigenvalue weighted by Gasteiger charge is -2.23. The lowest BCUT2D eigenvalue weighted by Crippen LogP contribution is -2.39. The molecule has 148 valence electrons. The van der Waals surface area contributed by atoms with E-state index in [1.807, 2.05) is 18.8 Å². The number of hydrogen-bond donors (Lipinski definition) is 2. The van der Waals surface area contributed by atoms with Crippen molar-refractivity contribution in [2.75, 3.05) is 38.1 Å². The minimum atomic E-state index is 0.845. The van der Waals surface area contributed by atoms with Crippen LogP contribution in [-0.4, -0.2) is 49.0 Å². The highest BCUT2D eigenvalue weighted by molar-refractivity contribution is 5.79. The van der Waals surface area contributed by atoms with Crippen LogP contribution in [0.1, 0.15) is 30.3 Å². The number of para-hydroxylation sites is 1. The third kappa shape index (κ3) is 6.01. The van der Waals surface area contributed by atoms with Crippen molar-refractivity contribution in [1.82, 2.24) is 20.4 Å². The molecule has 0 amide bonds. The lowest BCUT2D eigenvalue weighted by atomic mass is 10.1. The summed E-state index contributed by atoms with van der Waals surface area (Å²) in [5.74, 6) is 0.858. The summed E-state index contributed by atoms with van der Waals surface area (Å²) in [5, 5.41) is 11.3. The second kappa shape index (κ2) is 10.6. The van der Waals surface area contributed by atoms with Crippen LogP contribution in [0.2, 0.25) is 0 Å². The summed E-state index contributed by atoms with van der Waals surface area (Å²) >= 11 is 0. The molecule has 0 aliphatic rings. The number of benzene rings is 1. The molecule has 0 radical (unpaired) electrons. The zero-order valence-corrected chi connectivity index (χ0v) is 17.4. The van der Waals surface area contributed by atoms with E-state index in [9.17, 15) is 0 Å². The minimum Gasteiger partial charge on any atom is -0.372 e. The van der Waals surface area contributed by atoms with Crippen molar-refractivity contribution in [3.63, 3.8) is 0 Å². The number of aryl methyl sites for hydroxylation is 2. The molecule has 2 rings (SSSR count). The highest BCUT2D eigenvalue weighted by atomic mass is 15.3. The smallest absolute Gasteiger partial charge is 0.190 e. The molecule has 2 N–H and O–H groups in total. The molecule has 0 unspecified atom stereocenters. The molecule has 0 aliphatic carbocycles. The average molecular weight is 371 g/mol. The number of nitrogens with zero attached hydrogens (tertiary/aromatic N) is 4. The van der Waals surface area contributed by atoms with Crippen LogP contribution in [0.15, 0.2) is 35.3 Å². The van der Waals surface area contributed by atoms with Crippen LogP contribution in [0, 0.1) is 13.8 Å². The van der Waals surface area contributed by atoms with Gasteiger partial charge in [0.1, 0.15) is 0 Å². The average Bonchev–Trinajstić information content (AvgIpc) is 2.93. The number of guanidine groups is 1. The number of rotatable bonds is 9. The molecular formula is C21H34N6. The van der Waals surface area contributed by atoms with Gasteiger partial charge in [-0.15, -0.1) is 0 Å². The Kier molecular flexibility index (Phi) is 8.17. The highest BCUT2D eigenvalue weighted by Crippen LogP contribution is 2.13. The molecule has 0 saturated carbocycles. The van der Waals surface area contributed by atoms with Gasteiger partial charge in [0.2, 0.25) is 0 Å². The second-order valence-electron chi connectivity index (χ2n) is 6.72. The first-order valence-corrected chi connectivity index (χ1v) is 9.80. The molecule has 0 fully saturated rings. The van der Waals surface area contributed by atoms with E-state index >= 15 is 0 Å². The van der Waals surface area contributed by atoms with Crippen molar-refractivity contribution in [2.45, 2.75) is 33.6 Å². The summed E-state index contributed by atoms with van der Waals surface area (Å²) in [6, 6.07) is 10.6. The van der Waals surface area contributed by atoms with Gasteiger partial charge in [-0.1, -0.05) is 18.2 Å². The molecule has 0 bridgehead atoms. The molecule has 0 aliphatic heterocycles. The molecular weight excluding hydrogens is 336 g/mol. The first-order chi connectivity index (χ1) is 13.1. The third-order valence-corrected chi connectivity index (χ3v) is 4.95. The monoisotopic (exact) mass is 370 g/mol. The van der Waals surface area contributed by atoms with E-state index < -0.39 is 0 Å². The zero-order chi connectivity index (χ0) is 19.6. The van der Waals surface area contributed by atoms with Crippen molar-refractivity contribution in [3.8, 4) is 0 Å². The number of aromatic nitrogens is 2. The van der Waals surface area contributed by atoms with E-state index in [1.165, 1.54) is 16.9 Å². The van der Waals surface area contributed by atoms with Crippen molar-refractivity contribution < 1.29 is 0 Å². The molecule has 27 heavy (non-hydrogen) atoms. The molecule has 0 atom stereocenters. The summed E-state index contributed by atoms with van der Waals surface area (Å²) in [5.41, 5.74) is 4.95. The van der Waals surface area contributed by atoms with Crippen LogP contribution in [0.4, 0.5) is 5.69 Å². The molecule has 6 nitrogen and oxygen atoms in total. The molecule has 1 heterocycles. The van der Waals surface area contributed by atoms with Gasteiger partial charge >= 0.3 is 0 Å². The first kappa shape index (κ1) is 20.8. The summed E-state index contributed by atoms with van der Waals surface area (Å²) in [6.07, 6.45) is 2.01. The van der Waals surface area contributed by atoms with Crippen molar-refractivity contribution in [2.24, 2.45) is 12.0 Å². The van der Waals surface area contributed by atoms with Gasteiger partial charge < -0.3 is 15.5 Å². The maximum atomic E-state index is 4.48. The van der Waals surface area contributed by atoms with Gasteiger partial charge in [0.25, 0.3) is 0 Å². The Bertz CT molecular complexity index is 720. The lowest BCUT2D eigenvalue weighted by molar-refractivity contribution is 0.706. The van der Waals surface area contributed by atoms with Gasteiger partial charge in [-0.25, -0.2) is 0 Å². The Morgan fingerprint density at radius 1 is 1.15 bits per heavy atom. The number of anilines is 1. The number of aliphatic imine (C=N–C) groups is 1. The molecule has 2 aromatic rings. The maximum absolute atomic E-state index is 4.48. The van der Waals surface area contributed by atoms with Crippen LogP contribution >= 0.6 is 0 Å². The van der Waals surface area contributed by atoms with Gasteiger partial charge in [0.15, 0.2) is 5.96 Å². The van der Waals surface area contributed by atoms with E-state index in [0.29, 0.717) is 0 Å². The third-order valence-electron chi connectivity index (χ3n) is 4.95. The van der Waals surface area contributed by atoms with Crippen LogP contribution in [0.5, 0.6) is 0 Å². The minimum absolute atomic E-state index is 0.845. The largest absolute Gasteiger partial charge is 0.372 e. The zero-order valence-electron chi connectivity index (χ0n) is 17.4. The van der Waals surface area contributed by atoms with Crippen LogP contribution in [0.3, 0.4) is 0 Å². The summed E-state index contributed by atoms with van der Waals surface area (Å²) < 4.78 is 1.95. The molecule has 0 saturated heterocycles. The van der Waals surface area contributed by atoms with Crippen LogP contribution < -0.4 is 15.5 Å². The predicted octanol–water partition coefficient (Wildman–Crippen LogP) is 2.66. The predicted molar refractivity (Wildman–Crippen MR) is 115 cm³/mol. The van der Waals surface area contributed by atoms with Gasteiger partial charge in [-0.3, -0.25) is 9.67 Å². The Labute approximate surface area is 163 Å². The van der Waals surface area contributed by atoms with Crippen LogP contribution in [-0.2, 0) is 13.5 Å². The van der Waals surface area contributed by atoms with Gasteiger partial charge in [-0.2, -0.15) is 5.10 Å². The fourth-order valence-electron chi connectivity index (χ4n) is 3.29. The number of hydrogen-bond acceptors (Lipinski definition) is 3. The first-order valence-electron chi connectivity index (χ1n) is 9.80. The Hall–Kier alpha value is -2.50. The van der Waals surface area contributed by atoms with Gasteiger partial charge in [0, 0.05) is 51.7 Å². The topological polar surface area (TPSA) is 57.5 Å². The molecule has 1 aromatic heterocycles. The summed E-state index contributed by atoms with van der Waals surface area (Å²) in [6.45, 7) is 10.2. The Morgan fingerprint density at radius 2 is 1.85 bits per heavy atom. The van der Waals surface area contributed by atoms with E-state index in [2.05, 4.69) is 76.7 Å². The summed E-state index contributed by atoms with van der Waals surface area (Å²) in [7, 11) is 3.81. The van der Waals surface area contributed by atoms with Gasteiger partial charge in [-0.05, 0) is 51.3 Å². The molecule has 6 heteroatoms. The molecule has 0 spiro atoms. The molecule has 1 aromatic carbocycles.